The molecule has 0 amide bonds. The summed E-state index contributed by atoms with van der Waals surface area (Å²) in [5, 5.41) is 3.44. The van der Waals surface area contributed by atoms with Gasteiger partial charge in [0.15, 0.2) is 0 Å². The van der Waals surface area contributed by atoms with Gasteiger partial charge in [-0.15, -0.1) is 0 Å². The van der Waals surface area contributed by atoms with Crippen molar-refractivity contribution in [2.45, 2.75) is 39.9 Å². The third-order valence-electron chi connectivity index (χ3n) is 4.21. The largest absolute Gasteiger partial charge is 0.313 e. The highest BCUT2D eigenvalue weighted by Gasteiger charge is 2.19. The van der Waals surface area contributed by atoms with Crippen molar-refractivity contribution in [3.05, 3.63) is 35.4 Å². The second-order valence-electron chi connectivity index (χ2n) is 5.95. The summed E-state index contributed by atoms with van der Waals surface area (Å²) in [4.78, 5) is 5.16. The van der Waals surface area contributed by atoms with Gasteiger partial charge in [0, 0.05) is 45.3 Å². The molecule has 0 aromatic heterocycles. The molecular weight excluding hydrogens is 246 g/mol. The third kappa shape index (κ3) is 4.30. The average Bonchev–Trinajstić information content (AvgIpc) is 2.47. The first-order valence-corrected chi connectivity index (χ1v) is 7.94. The molecule has 0 saturated carbocycles. The third-order valence-corrected chi connectivity index (χ3v) is 4.21. The lowest BCUT2D eigenvalue weighted by molar-refractivity contribution is 0.104. The van der Waals surface area contributed by atoms with Gasteiger partial charge in [0.25, 0.3) is 0 Å². The highest BCUT2D eigenvalue weighted by molar-refractivity contribution is 5.27. The van der Waals surface area contributed by atoms with Crippen molar-refractivity contribution in [1.29, 1.82) is 0 Å². The van der Waals surface area contributed by atoms with Crippen molar-refractivity contribution < 1.29 is 0 Å². The van der Waals surface area contributed by atoms with Crippen molar-refractivity contribution in [2.24, 2.45) is 0 Å². The Morgan fingerprint density at radius 3 is 2.30 bits per heavy atom. The minimum absolute atomic E-state index is 0.679. The summed E-state index contributed by atoms with van der Waals surface area (Å²) in [5.41, 5.74) is 2.92. The first kappa shape index (κ1) is 15.5. The zero-order chi connectivity index (χ0) is 14.4. The van der Waals surface area contributed by atoms with Crippen LogP contribution in [-0.2, 0) is 13.1 Å². The van der Waals surface area contributed by atoms with E-state index in [0.717, 1.165) is 19.6 Å². The summed E-state index contributed by atoms with van der Waals surface area (Å²) in [6, 6.07) is 9.52. The molecule has 1 aliphatic heterocycles. The van der Waals surface area contributed by atoms with Crippen molar-refractivity contribution in [2.75, 3.05) is 32.7 Å². The zero-order valence-corrected chi connectivity index (χ0v) is 13.2. The van der Waals surface area contributed by atoms with Crippen LogP contribution in [0.15, 0.2) is 24.3 Å². The van der Waals surface area contributed by atoms with E-state index in [9.17, 15) is 0 Å². The normalized spacial score (nSPS) is 17.8. The topological polar surface area (TPSA) is 18.5 Å². The Hall–Kier alpha value is -0.900. The van der Waals surface area contributed by atoms with E-state index in [1.165, 1.54) is 37.3 Å². The average molecular weight is 275 g/mol. The van der Waals surface area contributed by atoms with Crippen LogP contribution in [0, 0.1) is 0 Å². The molecule has 1 heterocycles. The molecule has 3 heteroatoms. The number of nitrogens with one attached hydrogen (secondary N) is 1. The molecule has 0 bridgehead atoms. The smallest absolute Gasteiger partial charge is 0.0238 e. The molecular formula is C17H29N3. The summed E-state index contributed by atoms with van der Waals surface area (Å²) < 4.78 is 0. The fraction of sp³-hybridized carbons (Fsp3) is 0.647. The zero-order valence-electron chi connectivity index (χ0n) is 13.2. The molecule has 112 valence electrons. The van der Waals surface area contributed by atoms with Crippen LogP contribution >= 0.6 is 0 Å². The highest BCUT2D eigenvalue weighted by Crippen LogP contribution is 2.14. The summed E-state index contributed by atoms with van der Waals surface area (Å²) in [6.07, 6.45) is 0. The number of hydrogen-bond donors (Lipinski definition) is 1. The van der Waals surface area contributed by atoms with Gasteiger partial charge >= 0.3 is 0 Å². The summed E-state index contributed by atoms with van der Waals surface area (Å²) in [5.74, 6) is 0. The number of nitrogens with zero attached hydrogens (tertiary/aromatic N) is 2. The van der Waals surface area contributed by atoms with Gasteiger partial charge in [0.05, 0.1) is 0 Å². The van der Waals surface area contributed by atoms with Crippen LogP contribution < -0.4 is 5.32 Å². The van der Waals surface area contributed by atoms with Gasteiger partial charge in [-0.3, -0.25) is 9.80 Å². The standard InChI is InChI=1S/C17H29N3/c1-4-18-13-16-7-5-6-8-17(16)14-19-9-11-20(12-10-19)15(2)3/h5-8,15,18H,4,9-14H2,1-3H3. The number of benzene rings is 1. The molecule has 1 fully saturated rings. The van der Waals surface area contributed by atoms with E-state index < -0.39 is 0 Å². The van der Waals surface area contributed by atoms with E-state index >= 15 is 0 Å². The van der Waals surface area contributed by atoms with Gasteiger partial charge in [-0.2, -0.15) is 0 Å². The molecule has 1 N–H and O–H groups in total. The van der Waals surface area contributed by atoms with Gasteiger partial charge in [-0.1, -0.05) is 31.2 Å². The molecule has 0 atom stereocenters. The predicted molar refractivity (Wildman–Crippen MR) is 85.8 cm³/mol. The van der Waals surface area contributed by atoms with E-state index in [2.05, 4.69) is 60.2 Å². The molecule has 2 rings (SSSR count). The minimum atomic E-state index is 0.679. The molecule has 0 aliphatic carbocycles. The monoisotopic (exact) mass is 275 g/mol. The molecule has 1 saturated heterocycles. The van der Waals surface area contributed by atoms with Crippen LogP contribution in [0.4, 0.5) is 0 Å². The van der Waals surface area contributed by atoms with E-state index in [1.54, 1.807) is 0 Å². The molecule has 1 aliphatic rings. The van der Waals surface area contributed by atoms with Gasteiger partial charge in [-0.25, -0.2) is 0 Å². The maximum atomic E-state index is 3.44. The second kappa shape index (κ2) is 7.77. The fourth-order valence-electron chi connectivity index (χ4n) is 2.82. The molecule has 3 nitrogen and oxygen atoms in total. The van der Waals surface area contributed by atoms with Crippen LogP contribution in [0.1, 0.15) is 31.9 Å². The quantitative estimate of drug-likeness (QED) is 0.859. The van der Waals surface area contributed by atoms with Crippen molar-refractivity contribution in [3.63, 3.8) is 0 Å². The van der Waals surface area contributed by atoms with E-state index in [4.69, 9.17) is 0 Å². The molecule has 1 aromatic carbocycles. The lowest BCUT2D eigenvalue weighted by Gasteiger charge is -2.37. The maximum Gasteiger partial charge on any atom is 0.0238 e. The predicted octanol–water partition coefficient (Wildman–Crippen LogP) is 2.32. The number of rotatable bonds is 6. The van der Waals surface area contributed by atoms with Crippen molar-refractivity contribution in [1.82, 2.24) is 15.1 Å². The molecule has 20 heavy (non-hydrogen) atoms. The fourth-order valence-corrected chi connectivity index (χ4v) is 2.82. The molecule has 0 spiro atoms. The van der Waals surface area contributed by atoms with Crippen LogP contribution in [0.2, 0.25) is 0 Å². The maximum absolute atomic E-state index is 3.44. The lowest BCUT2D eigenvalue weighted by atomic mass is 10.1. The van der Waals surface area contributed by atoms with Crippen LogP contribution in [0.3, 0.4) is 0 Å². The molecule has 0 radical (unpaired) electrons. The SMILES string of the molecule is CCNCc1ccccc1CN1CCN(C(C)C)CC1. The van der Waals surface area contributed by atoms with Crippen molar-refractivity contribution in [3.8, 4) is 0 Å². The van der Waals surface area contributed by atoms with E-state index in [-0.39, 0.29) is 0 Å². The summed E-state index contributed by atoms with van der Waals surface area (Å²) in [6.45, 7) is 14.6. The summed E-state index contributed by atoms with van der Waals surface area (Å²) >= 11 is 0. The van der Waals surface area contributed by atoms with Gasteiger partial charge in [0.1, 0.15) is 0 Å². The highest BCUT2D eigenvalue weighted by atomic mass is 15.3. The van der Waals surface area contributed by atoms with Gasteiger partial charge in [0.2, 0.25) is 0 Å². The second-order valence-corrected chi connectivity index (χ2v) is 5.95. The summed E-state index contributed by atoms with van der Waals surface area (Å²) in [7, 11) is 0. The Bertz CT molecular complexity index is 395. The minimum Gasteiger partial charge on any atom is -0.313 e. The first-order valence-electron chi connectivity index (χ1n) is 7.94. The Morgan fingerprint density at radius 1 is 1.05 bits per heavy atom. The lowest BCUT2D eigenvalue weighted by Crippen LogP contribution is -2.48. The molecule has 1 aromatic rings. The Morgan fingerprint density at radius 2 is 1.70 bits per heavy atom. The van der Waals surface area contributed by atoms with Gasteiger partial charge < -0.3 is 5.32 Å². The van der Waals surface area contributed by atoms with Gasteiger partial charge in [-0.05, 0) is 31.5 Å². The number of hydrogen-bond acceptors (Lipinski definition) is 3. The van der Waals surface area contributed by atoms with Crippen LogP contribution in [0.5, 0.6) is 0 Å². The molecule has 0 unspecified atom stereocenters. The van der Waals surface area contributed by atoms with Crippen molar-refractivity contribution >= 4 is 0 Å². The Kier molecular flexibility index (Phi) is 6.02. The Labute approximate surface area is 124 Å². The number of piperazine rings is 1. The van der Waals surface area contributed by atoms with Crippen LogP contribution in [0.25, 0.3) is 0 Å². The Balaban J connectivity index is 1.90. The van der Waals surface area contributed by atoms with E-state index in [0.29, 0.717) is 6.04 Å². The van der Waals surface area contributed by atoms with E-state index in [1.807, 2.05) is 0 Å². The van der Waals surface area contributed by atoms with Crippen LogP contribution in [-0.4, -0.2) is 48.6 Å². The first-order chi connectivity index (χ1) is 9.70.